The van der Waals surface area contributed by atoms with Crippen molar-refractivity contribution in [1.82, 2.24) is 0 Å². The molecule has 0 amide bonds. The van der Waals surface area contributed by atoms with Crippen LogP contribution in [0, 0.1) is 10.1 Å². The predicted molar refractivity (Wildman–Crippen MR) is 55.6 cm³/mol. The van der Waals surface area contributed by atoms with Gasteiger partial charge in [0.05, 0.1) is 4.92 Å². The fourth-order valence-corrected chi connectivity index (χ4v) is 1.28. The highest BCUT2D eigenvalue weighted by Gasteiger charge is 2.07. The van der Waals surface area contributed by atoms with E-state index in [0.717, 1.165) is 5.56 Å². The second-order valence-corrected chi connectivity index (χ2v) is 3.26. The van der Waals surface area contributed by atoms with Crippen LogP contribution in [-0.4, -0.2) is 4.92 Å². The molecule has 0 unspecified atom stereocenters. The van der Waals surface area contributed by atoms with Crippen LogP contribution in [0.2, 0.25) is 0 Å². The number of nitro groups is 1. The highest BCUT2D eigenvalue weighted by molar-refractivity contribution is 5.23. The molecule has 0 fully saturated rings. The van der Waals surface area contributed by atoms with Crippen LogP contribution in [0.3, 0.4) is 0 Å². The van der Waals surface area contributed by atoms with Gasteiger partial charge in [-0.3, -0.25) is 10.1 Å². The number of benzene rings is 1. The van der Waals surface area contributed by atoms with E-state index in [4.69, 9.17) is 0 Å². The molecule has 0 saturated carbocycles. The lowest BCUT2D eigenvalue weighted by atomic mass is 10.0. The average Bonchev–Trinajstić information content (AvgIpc) is 2.19. The highest BCUT2D eigenvalue weighted by Crippen LogP contribution is 2.17. The molecule has 0 aliphatic carbocycles. The Balaban J connectivity index is 2.82. The van der Waals surface area contributed by atoms with Gasteiger partial charge in [-0.05, 0) is 11.6 Å². The average molecular weight is 191 g/mol. The molecular weight excluding hydrogens is 178 g/mol. The van der Waals surface area contributed by atoms with E-state index in [0.29, 0.717) is 0 Å². The lowest BCUT2D eigenvalue weighted by molar-refractivity contribution is -0.424. The molecule has 0 bridgehead atoms. The summed E-state index contributed by atoms with van der Waals surface area (Å²) in [6, 6.07) is 9.73. The van der Waals surface area contributed by atoms with E-state index in [1.165, 1.54) is 6.92 Å². The van der Waals surface area contributed by atoms with Crippen molar-refractivity contribution < 1.29 is 4.92 Å². The van der Waals surface area contributed by atoms with Gasteiger partial charge in [0.15, 0.2) is 0 Å². The van der Waals surface area contributed by atoms with Gasteiger partial charge in [-0.15, -0.1) is 0 Å². The molecule has 0 heterocycles. The fourth-order valence-electron chi connectivity index (χ4n) is 1.28. The molecule has 1 aromatic rings. The summed E-state index contributed by atoms with van der Waals surface area (Å²) in [4.78, 5) is 10.0. The minimum absolute atomic E-state index is 0.0848. The number of hydrogen-bond acceptors (Lipinski definition) is 2. The molecule has 0 radical (unpaired) electrons. The van der Waals surface area contributed by atoms with Crippen molar-refractivity contribution in [2.24, 2.45) is 0 Å². The third-order valence-corrected chi connectivity index (χ3v) is 2.10. The van der Waals surface area contributed by atoms with Crippen molar-refractivity contribution in [3.8, 4) is 0 Å². The zero-order chi connectivity index (χ0) is 10.6. The van der Waals surface area contributed by atoms with E-state index in [1.54, 1.807) is 6.08 Å². The van der Waals surface area contributed by atoms with Crippen molar-refractivity contribution in [1.29, 1.82) is 0 Å². The first kappa shape index (κ1) is 10.4. The second-order valence-electron chi connectivity index (χ2n) is 3.26. The minimum atomic E-state index is -0.362. The molecule has 0 N–H and O–H groups in total. The Kier molecular flexibility index (Phi) is 3.40. The van der Waals surface area contributed by atoms with Gasteiger partial charge in [0.2, 0.25) is 5.70 Å². The largest absolute Gasteiger partial charge is 0.259 e. The van der Waals surface area contributed by atoms with Crippen LogP contribution in [0.4, 0.5) is 0 Å². The summed E-state index contributed by atoms with van der Waals surface area (Å²) >= 11 is 0. The first-order valence-electron chi connectivity index (χ1n) is 4.49. The van der Waals surface area contributed by atoms with Gasteiger partial charge in [0.1, 0.15) is 0 Å². The summed E-state index contributed by atoms with van der Waals surface area (Å²) in [6.07, 6.45) is 1.66. The Bertz CT molecular complexity index is 344. The van der Waals surface area contributed by atoms with Crippen LogP contribution in [0.5, 0.6) is 0 Å². The number of allylic oxidation sites excluding steroid dienone is 2. The zero-order valence-corrected chi connectivity index (χ0v) is 8.31. The molecular formula is C11H13NO2. The minimum Gasteiger partial charge on any atom is -0.259 e. The van der Waals surface area contributed by atoms with Crippen molar-refractivity contribution in [2.45, 2.75) is 19.8 Å². The van der Waals surface area contributed by atoms with Gasteiger partial charge in [-0.2, -0.15) is 0 Å². The molecule has 0 saturated heterocycles. The summed E-state index contributed by atoms with van der Waals surface area (Å²) < 4.78 is 0. The molecule has 3 nitrogen and oxygen atoms in total. The smallest absolute Gasteiger partial charge is 0.239 e. The Morgan fingerprint density at radius 3 is 2.50 bits per heavy atom. The predicted octanol–water partition coefficient (Wildman–Crippen LogP) is 2.97. The maximum absolute atomic E-state index is 10.4. The molecule has 1 atom stereocenters. The lowest BCUT2D eigenvalue weighted by Crippen LogP contribution is -1.97. The van der Waals surface area contributed by atoms with E-state index < -0.39 is 0 Å². The molecule has 0 aliphatic rings. The maximum atomic E-state index is 10.4. The van der Waals surface area contributed by atoms with E-state index in [2.05, 4.69) is 0 Å². The zero-order valence-electron chi connectivity index (χ0n) is 8.31. The maximum Gasteiger partial charge on any atom is 0.239 e. The summed E-state index contributed by atoms with van der Waals surface area (Å²) in [5.41, 5.74) is 1.29. The third-order valence-electron chi connectivity index (χ3n) is 2.10. The number of nitrogens with zero attached hydrogens (tertiary/aromatic N) is 1. The normalized spacial score (nSPS) is 13.7. The number of hydrogen-bond donors (Lipinski definition) is 0. The first-order valence-corrected chi connectivity index (χ1v) is 4.49. The van der Waals surface area contributed by atoms with Crippen LogP contribution in [0.15, 0.2) is 42.1 Å². The molecule has 0 aromatic heterocycles. The molecule has 3 heteroatoms. The highest BCUT2D eigenvalue weighted by atomic mass is 16.6. The molecule has 1 aromatic carbocycles. The molecule has 1 rings (SSSR count). The van der Waals surface area contributed by atoms with E-state index >= 15 is 0 Å². The van der Waals surface area contributed by atoms with Crippen molar-refractivity contribution in [3.63, 3.8) is 0 Å². The van der Waals surface area contributed by atoms with Gasteiger partial charge in [0, 0.05) is 12.8 Å². The topological polar surface area (TPSA) is 43.1 Å². The Labute approximate surface area is 83.2 Å². The Morgan fingerprint density at radius 2 is 2.00 bits per heavy atom. The van der Waals surface area contributed by atoms with Crippen molar-refractivity contribution >= 4 is 0 Å². The van der Waals surface area contributed by atoms with Gasteiger partial charge in [-0.1, -0.05) is 37.3 Å². The molecule has 0 spiro atoms. The van der Waals surface area contributed by atoms with Crippen LogP contribution >= 0.6 is 0 Å². The monoisotopic (exact) mass is 191 g/mol. The summed E-state index contributed by atoms with van der Waals surface area (Å²) in [7, 11) is 0. The molecule has 0 aliphatic heterocycles. The molecule has 14 heavy (non-hydrogen) atoms. The van der Waals surface area contributed by atoms with E-state index in [-0.39, 0.29) is 16.5 Å². The Hall–Kier alpha value is -1.64. The molecule has 74 valence electrons. The Morgan fingerprint density at radius 1 is 1.43 bits per heavy atom. The lowest BCUT2D eigenvalue weighted by Gasteiger charge is -2.05. The SMILES string of the molecule is C/C(=C\[C@H](C)c1ccccc1)[N+](=O)[O-]. The quantitative estimate of drug-likeness (QED) is 0.544. The summed E-state index contributed by atoms with van der Waals surface area (Å²) in [5.74, 6) is 0.0848. The van der Waals surface area contributed by atoms with E-state index in [1.807, 2.05) is 37.3 Å². The first-order chi connectivity index (χ1) is 6.61. The van der Waals surface area contributed by atoms with E-state index in [9.17, 15) is 10.1 Å². The van der Waals surface area contributed by atoms with Crippen LogP contribution in [0.25, 0.3) is 0 Å². The summed E-state index contributed by atoms with van der Waals surface area (Å²) in [5, 5.41) is 10.4. The van der Waals surface area contributed by atoms with Crippen LogP contribution < -0.4 is 0 Å². The second kappa shape index (κ2) is 4.56. The van der Waals surface area contributed by atoms with Crippen LogP contribution in [-0.2, 0) is 0 Å². The fraction of sp³-hybridized carbons (Fsp3) is 0.273. The number of rotatable bonds is 3. The van der Waals surface area contributed by atoms with Crippen molar-refractivity contribution in [3.05, 3.63) is 57.8 Å². The third kappa shape index (κ3) is 2.69. The van der Waals surface area contributed by atoms with Gasteiger partial charge in [0.25, 0.3) is 0 Å². The van der Waals surface area contributed by atoms with Crippen molar-refractivity contribution in [2.75, 3.05) is 0 Å². The van der Waals surface area contributed by atoms with Crippen LogP contribution in [0.1, 0.15) is 25.3 Å². The standard InChI is InChI=1S/C11H13NO2/c1-9(8-10(2)12(13)14)11-6-4-3-5-7-11/h3-9H,1-2H3/b10-8+/t9-/m0/s1. The van der Waals surface area contributed by atoms with Gasteiger partial charge < -0.3 is 0 Å². The summed E-state index contributed by atoms with van der Waals surface area (Å²) in [6.45, 7) is 3.46. The van der Waals surface area contributed by atoms with Gasteiger partial charge in [-0.25, -0.2) is 0 Å². The van der Waals surface area contributed by atoms with Gasteiger partial charge >= 0.3 is 0 Å².